The number of nitrogens with one attached hydrogen (secondary N) is 1. The van der Waals surface area contributed by atoms with Crippen molar-refractivity contribution in [2.24, 2.45) is 7.05 Å². The summed E-state index contributed by atoms with van der Waals surface area (Å²) >= 11 is 0. The molecule has 1 aromatic rings. The van der Waals surface area contributed by atoms with E-state index in [1.54, 1.807) is 18.7 Å². The molecule has 0 radical (unpaired) electrons. The molecule has 0 unspecified atom stereocenters. The minimum atomic E-state index is -0.0820. The van der Waals surface area contributed by atoms with E-state index in [0.717, 1.165) is 64.2 Å². The van der Waals surface area contributed by atoms with Gasteiger partial charge in [-0.25, -0.2) is 0 Å². The number of piperidine rings is 1. The average molecular weight is 392 g/mol. The van der Waals surface area contributed by atoms with E-state index < -0.39 is 0 Å². The van der Waals surface area contributed by atoms with Gasteiger partial charge in [0.15, 0.2) is 0 Å². The van der Waals surface area contributed by atoms with Crippen molar-refractivity contribution in [3.8, 4) is 0 Å². The van der Waals surface area contributed by atoms with Crippen molar-refractivity contribution >= 4 is 11.8 Å². The first kappa shape index (κ1) is 20.8. The molecule has 2 aliphatic heterocycles. The smallest absolute Gasteiger partial charge is 0.269 e. The van der Waals surface area contributed by atoms with E-state index >= 15 is 0 Å². The molecular formula is C20H33N5O3. The van der Waals surface area contributed by atoms with Crippen molar-refractivity contribution in [2.45, 2.75) is 51.6 Å². The Bertz CT molecular complexity index is 675. The van der Waals surface area contributed by atoms with Crippen LogP contribution >= 0.6 is 0 Å². The molecular weight excluding hydrogens is 358 g/mol. The van der Waals surface area contributed by atoms with E-state index in [1.165, 1.54) is 0 Å². The Kier molecular flexibility index (Phi) is 7.07. The Hall–Kier alpha value is -1.93. The quantitative estimate of drug-likeness (QED) is 0.781. The van der Waals surface area contributed by atoms with E-state index in [4.69, 9.17) is 4.74 Å². The Morgan fingerprint density at radius 1 is 1.21 bits per heavy atom. The fourth-order valence-corrected chi connectivity index (χ4v) is 4.40. The molecule has 3 rings (SSSR count). The van der Waals surface area contributed by atoms with Gasteiger partial charge in [-0.3, -0.25) is 19.2 Å². The highest BCUT2D eigenvalue weighted by molar-refractivity contribution is 5.92. The van der Waals surface area contributed by atoms with Gasteiger partial charge in [0.2, 0.25) is 5.91 Å². The molecule has 28 heavy (non-hydrogen) atoms. The number of aryl methyl sites for hydroxylation is 2. The third-order valence-electron chi connectivity index (χ3n) is 5.93. The van der Waals surface area contributed by atoms with E-state index in [2.05, 4.69) is 15.3 Å². The molecule has 2 saturated heterocycles. The summed E-state index contributed by atoms with van der Waals surface area (Å²) in [5.74, 6) is 0.0798. The number of nitrogens with zero attached hydrogens (tertiary/aromatic N) is 4. The maximum absolute atomic E-state index is 12.5. The average Bonchev–Trinajstić information content (AvgIpc) is 3.04. The molecule has 0 saturated carbocycles. The number of aromatic nitrogens is 2. The zero-order valence-electron chi connectivity index (χ0n) is 17.3. The summed E-state index contributed by atoms with van der Waals surface area (Å²) in [6, 6.07) is 2.75. The second-order valence-electron chi connectivity index (χ2n) is 7.87. The minimum Gasteiger partial charge on any atom is -0.381 e. The molecule has 8 heteroatoms. The van der Waals surface area contributed by atoms with Crippen molar-refractivity contribution in [1.82, 2.24) is 24.9 Å². The molecule has 0 bridgehead atoms. The Labute approximate surface area is 167 Å². The molecule has 1 N–H and O–H groups in total. The lowest BCUT2D eigenvalue weighted by Gasteiger charge is -2.43. The van der Waals surface area contributed by atoms with Gasteiger partial charge in [-0.1, -0.05) is 0 Å². The number of likely N-dealkylation sites (tertiary alicyclic amines) is 1. The fourth-order valence-electron chi connectivity index (χ4n) is 4.40. The number of rotatable bonds is 6. The molecule has 2 aliphatic rings. The van der Waals surface area contributed by atoms with Crippen molar-refractivity contribution < 1.29 is 14.3 Å². The topological polar surface area (TPSA) is 79.7 Å². The van der Waals surface area contributed by atoms with Gasteiger partial charge in [-0.2, -0.15) is 5.10 Å². The van der Waals surface area contributed by atoms with E-state index in [0.29, 0.717) is 24.3 Å². The van der Waals surface area contributed by atoms with Crippen LogP contribution in [0.1, 0.15) is 48.8 Å². The van der Waals surface area contributed by atoms with E-state index in [-0.39, 0.29) is 11.8 Å². The molecule has 0 aliphatic carbocycles. The van der Waals surface area contributed by atoms with Crippen LogP contribution in [-0.4, -0.2) is 82.9 Å². The summed E-state index contributed by atoms with van der Waals surface area (Å²) in [6.45, 7) is 8.19. The molecule has 2 fully saturated rings. The summed E-state index contributed by atoms with van der Waals surface area (Å²) in [5.41, 5.74) is 1.43. The van der Waals surface area contributed by atoms with Crippen LogP contribution < -0.4 is 5.32 Å². The molecule has 2 amide bonds. The number of ether oxygens (including phenoxy) is 1. The molecule has 1 aromatic heterocycles. The van der Waals surface area contributed by atoms with Crippen LogP contribution in [0.4, 0.5) is 0 Å². The first-order chi connectivity index (χ1) is 13.5. The highest BCUT2D eigenvalue weighted by Gasteiger charge is 2.31. The predicted octanol–water partition coefficient (Wildman–Crippen LogP) is 0.950. The van der Waals surface area contributed by atoms with Gasteiger partial charge in [0.1, 0.15) is 5.69 Å². The second kappa shape index (κ2) is 9.52. The van der Waals surface area contributed by atoms with Crippen molar-refractivity contribution in [2.75, 3.05) is 39.4 Å². The van der Waals surface area contributed by atoms with Gasteiger partial charge in [-0.15, -0.1) is 0 Å². The fraction of sp³-hybridized carbons (Fsp3) is 0.750. The lowest BCUT2D eigenvalue weighted by Crippen LogP contribution is -2.53. The number of carbonyl (C=O) groups is 2. The molecule has 156 valence electrons. The number of hydrogen-bond donors (Lipinski definition) is 1. The SMILES string of the molecule is CC(=O)N1CCC(N(CCNC(=O)c2cc(C)nn2C)C2CCOCC2)CC1. The number of amides is 2. The Morgan fingerprint density at radius 3 is 2.43 bits per heavy atom. The van der Waals surface area contributed by atoms with Gasteiger partial charge < -0.3 is 15.0 Å². The maximum Gasteiger partial charge on any atom is 0.269 e. The summed E-state index contributed by atoms with van der Waals surface area (Å²) in [6.07, 6.45) is 4.04. The Morgan fingerprint density at radius 2 is 1.86 bits per heavy atom. The summed E-state index contributed by atoms with van der Waals surface area (Å²) < 4.78 is 7.17. The van der Waals surface area contributed by atoms with Gasteiger partial charge >= 0.3 is 0 Å². The zero-order valence-corrected chi connectivity index (χ0v) is 17.3. The van der Waals surface area contributed by atoms with Crippen molar-refractivity contribution in [3.05, 3.63) is 17.5 Å². The van der Waals surface area contributed by atoms with Crippen molar-refractivity contribution in [3.63, 3.8) is 0 Å². The normalized spacial score (nSPS) is 19.2. The third kappa shape index (κ3) is 5.11. The first-order valence-corrected chi connectivity index (χ1v) is 10.3. The van der Waals surface area contributed by atoms with Gasteiger partial charge in [0.25, 0.3) is 5.91 Å². The highest BCUT2D eigenvalue weighted by atomic mass is 16.5. The first-order valence-electron chi connectivity index (χ1n) is 10.3. The lowest BCUT2D eigenvalue weighted by atomic mass is 9.98. The molecule has 8 nitrogen and oxygen atoms in total. The molecule has 3 heterocycles. The van der Waals surface area contributed by atoms with E-state index in [1.807, 2.05) is 17.9 Å². The molecule has 0 atom stereocenters. The standard InChI is InChI=1S/C20H33N5O3/c1-15-14-19(23(3)22-15)20(27)21-8-11-25(18-6-12-28-13-7-18)17-4-9-24(10-5-17)16(2)26/h14,17-18H,4-13H2,1-3H3,(H,21,27). The predicted molar refractivity (Wildman–Crippen MR) is 106 cm³/mol. The monoisotopic (exact) mass is 391 g/mol. The zero-order chi connectivity index (χ0) is 20.1. The lowest BCUT2D eigenvalue weighted by molar-refractivity contribution is -0.130. The van der Waals surface area contributed by atoms with Crippen LogP contribution in [0.2, 0.25) is 0 Å². The highest BCUT2D eigenvalue weighted by Crippen LogP contribution is 2.23. The van der Waals surface area contributed by atoms with Crippen molar-refractivity contribution in [1.29, 1.82) is 0 Å². The Balaban J connectivity index is 1.57. The van der Waals surface area contributed by atoms with Crippen LogP contribution in [0.15, 0.2) is 6.07 Å². The number of hydrogen-bond acceptors (Lipinski definition) is 5. The summed E-state index contributed by atoms with van der Waals surface area (Å²) in [4.78, 5) is 28.6. The van der Waals surface area contributed by atoms with Gasteiger partial charge in [-0.05, 0) is 38.7 Å². The summed E-state index contributed by atoms with van der Waals surface area (Å²) in [5, 5.41) is 7.29. The largest absolute Gasteiger partial charge is 0.381 e. The van der Waals surface area contributed by atoms with Crippen LogP contribution in [-0.2, 0) is 16.6 Å². The maximum atomic E-state index is 12.5. The third-order valence-corrected chi connectivity index (χ3v) is 5.93. The van der Waals surface area contributed by atoms with E-state index in [9.17, 15) is 9.59 Å². The van der Waals surface area contributed by atoms with Gasteiger partial charge in [0.05, 0.1) is 5.69 Å². The van der Waals surface area contributed by atoms with Crippen LogP contribution in [0.25, 0.3) is 0 Å². The van der Waals surface area contributed by atoms with Gasteiger partial charge in [0, 0.05) is 65.4 Å². The number of carbonyl (C=O) groups excluding carboxylic acids is 2. The molecule has 0 spiro atoms. The van der Waals surface area contributed by atoms with Crippen LogP contribution in [0.5, 0.6) is 0 Å². The second-order valence-corrected chi connectivity index (χ2v) is 7.87. The summed E-state index contributed by atoms with van der Waals surface area (Å²) in [7, 11) is 1.79. The van der Waals surface area contributed by atoms with Crippen LogP contribution in [0, 0.1) is 6.92 Å². The minimum absolute atomic E-state index is 0.0820. The molecule has 0 aromatic carbocycles. The van der Waals surface area contributed by atoms with Crippen LogP contribution in [0.3, 0.4) is 0 Å².